The third kappa shape index (κ3) is 8.85. The number of fused-ring (bicyclic) bond motifs is 1. The third-order valence-electron chi connectivity index (χ3n) is 8.67. The first-order valence-electron chi connectivity index (χ1n) is 16.6. The number of aromatic nitrogens is 2. The largest absolute Gasteiger partial charge is 0.496 e. The van der Waals surface area contributed by atoms with Crippen molar-refractivity contribution in [1.82, 2.24) is 19.4 Å². The van der Waals surface area contributed by atoms with Gasteiger partial charge in [0.15, 0.2) is 0 Å². The zero-order valence-electron chi connectivity index (χ0n) is 29.2. The predicted molar refractivity (Wildman–Crippen MR) is 187 cm³/mol. The van der Waals surface area contributed by atoms with Crippen molar-refractivity contribution in [3.63, 3.8) is 0 Å². The van der Waals surface area contributed by atoms with Crippen LogP contribution in [0.3, 0.4) is 0 Å². The quantitative estimate of drug-likeness (QED) is 0.181. The predicted octanol–water partition coefficient (Wildman–Crippen LogP) is 6.16. The number of benzene rings is 1. The SMILES string of the molecule is COc1cccc(OC)c1-c1cn(COCC[Si](C)(C)C)c2nc(NC(=O)C3CC3CN3CCN(C(=O)OC(C)(C)C)CC3)ccc12. The zero-order chi connectivity index (χ0) is 33.9. The topological polar surface area (TPSA) is 107 Å². The molecule has 2 atom stereocenters. The third-order valence-corrected chi connectivity index (χ3v) is 10.4. The lowest BCUT2D eigenvalue weighted by molar-refractivity contribution is -0.117. The molecule has 2 aromatic heterocycles. The Bertz CT molecular complexity index is 1550. The van der Waals surface area contributed by atoms with Gasteiger partial charge in [-0.25, -0.2) is 9.78 Å². The van der Waals surface area contributed by atoms with Gasteiger partial charge in [-0.2, -0.15) is 0 Å². The Hall–Kier alpha value is -3.61. The molecule has 1 saturated heterocycles. The van der Waals surface area contributed by atoms with Crippen LogP contribution in [0.2, 0.25) is 25.7 Å². The van der Waals surface area contributed by atoms with Gasteiger partial charge in [0, 0.05) is 70.5 Å². The maximum absolute atomic E-state index is 13.3. The van der Waals surface area contributed by atoms with Crippen LogP contribution in [0.25, 0.3) is 22.2 Å². The number of pyridine rings is 1. The van der Waals surface area contributed by atoms with Crippen molar-refractivity contribution in [1.29, 1.82) is 0 Å². The molecular weight excluding hydrogens is 615 g/mol. The number of amides is 2. The molecule has 0 bridgehead atoms. The smallest absolute Gasteiger partial charge is 0.410 e. The maximum Gasteiger partial charge on any atom is 0.410 e. The molecule has 1 aromatic carbocycles. The van der Waals surface area contributed by atoms with E-state index in [-0.39, 0.29) is 17.9 Å². The number of piperazine rings is 1. The fourth-order valence-corrected chi connectivity index (χ4v) is 6.71. The summed E-state index contributed by atoms with van der Waals surface area (Å²) < 4.78 is 25.1. The highest BCUT2D eigenvalue weighted by molar-refractivity contribution is 6.76. The van der Waals surface area contributed by atoms with Gasteiger partial charge in [-0.1, -0.05) is 25.7 Å². The molecular formula is C35H51N5O6Si. The Morgan fingerprint density at radius 2 is 1.68 bits per heavy atom. The molecule has 2 unspecified atom stereocenters. The molecule has 2 amide bonds. The Morgan fingerprint density at radius 1 is 1.00 bits per heavy atom. The van der Waals surface area contributed by atoms with Crippen molar-refractivity contribution in [2.75, 3.05) is 58.9 Å². The number of ether oxygens (including phenoxy) is 4. The normalized spacial score (nSPS) is 18.7. The lowest BCUT2D eigenvalue weighted by Crippen LogP contribution is -2.50. The van der Waals surface area contributed by atoms with Crippen molar-refractivity contribution < 1.29 is 28.5 Å². The van der Waals surface area contributed by atoms with Crippen molar-refractivity contribution in [2.24, 2.45) is 11.8 Å². The van der Waals surface area contributed by atoms with Gasteiger partial charge in [0.1, 0.15) is 35.3 Å². The van der Waals surface area contributed by atoms with Gasteiger partial charge in [0.2, 0.25) is 5.91 Å². The van der Waals surface area contributed by atoms with E-state index in [2.05, 4.69) is 29.9 Å². The molecule has 0 spiro atoms. The first-order valence-corrected chi connectivity index (χ1v) is 20.3. The van der Waals surface area contributed by atoms with Crippen LogP contribution in [0.15, 0.2) is 36.5 Å². The van der Waals surface area contributed by atoms with Crippen molar-refractivity contribution in [3.05, 3.63) is 36.5 Å². The molecule has 2 fully saturated rings. The second-order valence-electron chi connectivity index (χ2n) is 14.8. The summed E-state index contributed by atoms with van der Waals surface area (Å²) in [6, 6.07) is 10.7. The molecule has 0 radical (unpaired) electrons. The minimum atomic E-state index is -1.24. The molecule has 5 rings (SSSR count). The van der Waals surface area contributed by atoms with Gasteiger partial charge in [-0.05, 0) is 63.4 Å². The molecule has 47 heavy (non-hydrogen) atoms. The van der Waals surface area contributed by atoms with Gasteiger partial charge in [0.05, 0.1) is 19.8 Å². The summed E-state index contributed by atoms with van der Waals surface area (Å²) in [5, 5.41) is 3.99. The van der Waals surface area contributed by atoms with E-state index in [0.29, 0.717) is 55.3 Å². The van der Waals surface area contributed by atoms with Crippen molar-refractivity contribution >= 4 is 36.9 Å². The first-order chi connectivity index (χ1) is 22.3. The minimum absolute atomic E-state index is 0.00893. The molecule has 256 valence electrons. The van der Waals surface area contributed by atoms with Crippen LogP contribution in [-0.2, 0) is 21.0 Å². The number of carbonyl (C=O) groups excluding carboxylic acids is 2. The zero-order valence-corrected chi connectivity index (χ0v) is 30.2. The van der Waals surface area contributed by atoms with Gasteiger partial charge in [-0.3, -0.25) is 9.69 Å². The van der Waals surface area contributed by atoms with Gasteiger partial charge in [0.25, 0.3) is 0 Å². The van der Waals surface area contributed by atoms with E-state index in [9.17, 15) is 9.59 Å². The average Bonchev–Trinajstić information content (AvgIpc) is 3.70. The molecule has 12 heteroatoms. The van der Waals surface area contributed by atoms with Crippen molar-refractivity contribution in [3.8, 4) is 22.6 Å². The van der Waals surface area contributed by atoms with Crippen LogP contribution in [0, 0.1) is 11.8 Å². The van der Waals surface area contributed by atoms with E-state index in [1.807, 2.05) is 61.9 Å². The fourth-order valence-electron chi connectivity index (χ4n) is 5.95. The standard InChI is InChI=1S/C35H51N5O6Si/c1-35(2,3)46-34(42)39-16-14-38(15-17-39)21-24-20-26(24)33(41)37-30-13-12-25-27(31-28(43-4)10-9-11-29(31)44-5)22-40(32(25)36-30)23-45-18-19-47(6,7)8/h9-13,22,24,26H,14-21,23H2,1-8H3,(H,36,37,41). The number of rotatable bonds is 12. The first kappa shape index (κ1) is 34.7. The Kier molecular flexibility index (Phi) is 10.5. The van der Waals surface area contributed by atoms with E-state index in [0.717, 1.165) is 48.6 Å². The molecule has 11 nitrogen and oxygen atoms in total. The second kappa shape index (κ2) is 14.2. The van der Waals surface area contributed by atoms with E-state index in [4.69, 9.17) is 23.9 Å². The lowest BCUT2D eigenvalue weighted by Gasteiger charge is -2.35. The highest BCUT2D eigenvalue weighted by Gasteiger charge is 2.44. The average molecular weight is 666 g/mol. The van der Waals surface area contributed by atoms with Crippen LogP contribution in [0.5, 0.6) is 11.5 Å². The molecule has 3 heterocycles. The van der Waals surface area contributed by atoms with Crippen LogP contribution >= 0.6 is 0 Å². The van der Waals surface area contributed by atoms with Gasteiger partial charge >= 0.3 is 6.09 Å². The van der Waals surface area contributed by atoms with Crippen LogP contribution < -0.4 is 14.8 Å². The second-order valence-corrected chi connectivity index (χ2v) is 20.4. The summed E-state index contributed by atoms with van der Waals surface area (Å²) in [6.07, 6.45) is 2.61. The maximum atomic E-state index is 13.3. The van der Waals surface area contributed by atoms with Crippen molar-refractivity contribution in [2.45, 2.75) is 65.2 Å². The van der Waals surface area contributed by atoms with Crippen LogP contribution in [0.1, 0.15) is 27.2 Å². The number of nitrogens with zero attached hydrogens (tertiary/aromatic N) is 4. The van der Waals surface area contributed by atoms with Gasteiger partial charge in [-0.15, -0.1) is 0 Å². The summed E-state index contributed by atoms with van der Waals surface area (Å²) in [7, 11) is 2.06. The van der Waals surface area contributed by atoms with Crippen LogP contribution in [0.4, 0.5) is 10.6 Å². The summed E-state index contributed by atoms with van der Waals surface area (Å²) in [5.41, 5.74) is 1.98. The monoisotopic (exact) mass is 665 g/mol. The van der Waals surface area contributed by atoms with E-state index >= 15 is 0 Å². The summed E-state index contributed by atoms with van der Waals surface area (Å²) in [4.78, 5) is 34.8. The summed E-state index contributed by atoms with van der Waals surface area (Å²) >= 11 is 0. The minimum Gasteiger partial charge on any atom is -0.496 e. The summed E-state index contributed by atoms with van der Waals surface area (Å²) in [6.45, 7) is 17.3. The molecule has 1 saturated carbocycles. The van der Waals surface area contributed by atoms with E-state index < -0.39 is 13.7 Å². The Balaban J connectivity index is 1.26. The molecule has 1 N–H and O–H groups in total. The van der Waals surface area contributed by atoms with E-state index in [1.165, 1.54) is 0 Å². The highest BCUT2D eigenvalue weighted by atomic mass is 28.3. The van der Waals surface area contributed by atoms with Crippen LogP contribution in [-0.4, -0.2) is 98.6 Å². The number of nitrogens with one attached hydrogen (secondary N) is 1. The molecule has 2 aliphatic rings. The molecule has 3 aromatic rings. The number of anilines is 1. The molecule has 1 aliphatic heterocycles. The van der Waals surface area contributed by atoms with E-state index in [1.54, 1.807) is 19.1 Å². The number of methoxy groups -OCH3 is 2. The Morgan fingerprint density at radius 3 is 2.30 bits per heavy atom. The number of carbonyl (C=O) groups is 2. The number of hydrogen-bond acceptors (Lipinski definition) is 8. The Labute approximate surface area is 279 Å². The number of hydrogen-bond donors (Lipinski definition) is 1. The highest BCUT2D eigenvalue weighted by Crippen LogP contribution is 2.43. The summed E-state index contributed by atoms with van der Waals surface area (Å²) in [5.74, 6) is 2.14. The molecule has 1 aliphatic carbocycles. The lowest BCUT2D eigenvalue weighted by atomic mass is 10.0. The van der Waals surface area contributed by atoms with Gasteiger partial charge < -0.3 is 33.7 Å². The fraction of sp³-hybridized carbons (Fsp3) is 0.571.